The summed E-state index contributed by atoms with van der Waals surface area (Å²) in [7, 11) is 0. The zero-order valence-electron chi connectivity index (χ0n) is 7.86. The minimum atomic E-state index is -1.11. The Morgan fingerprint density at radius 3 is 2.36 bits per heavy atom. The summed E-state index contributed by atoms with van der Waals surface area (Å²) >= 11 is 0. The summed E-state index contributed by atoms with van der Waals surface area (Å²) in [6.45, 7) is 1.73. The van der Waals surface area contributed by atoms with Gasteiger partial charge in [-0.3, -0.25) is 0 Å². The molecule has 0 aliphatic heterocycles. The molecule has 0 aliphatic rings. The molecule has 1 aromatic carbocycles. The normalized spacial score (nSPS) is 12.9. The zero-order valence-corrected chi connectivity index (χ0v) is 7.86. The highest BCUT2D eigenvalue weighted by molar-refractivity contribution is 5.21. The highest BCUT2D eigenvalue weighted by Crippen LogP contribution is 2.17. The number of hydrogen-bond acceptors (Lipinski definition) is 1. The third-order valence-electron chi connectivity index (χ3n) is 1.99. The molecule has 0 bridgehead atoms. The van der Waals surface area contributed by atoms with E-state index in [1.165, 1.54) is 0 Å². The lowest BCUT2D eigenvalue weighted by Crippen LogP contribution is -2.16. The van der Waals surface area contributed by atoms with E-state index in [-0.39, 0.29) is 18.0 Å². The highest BCUT2D eigenvalue weighted by Gasteiger charge is 2.13. The van der Waals surface area contributed by atoms with Crippen molar-refractivity contribution in [3.05, 3.63) is 35.1 Å². The summed E-state index contributed by atoms with van der Waals surface area (Å²) in [6, 6.07) is 1.55. The molecular weight excluding hydrogens is 191 g/mol. The van der Waals surface area contributed by atoms with Crippen LogP contribution in [0.3, 0.4) is 0 Å². The third kappa shape index (κ3) is 2.48. The molecule has 0 spiro atoms. The molecule has 14 heavy (non-hydrogen) atoms. The molecule has 0 heterocycles. The average Bonchev–Trinajstić information content (AvgIpc) is 2.11. The fraction of sp³-hybridized carbons (Fsp3) is 0.400. The van der Waals surface area contributed by atoms with Gasteiger partial charge < -0.3 is 5.73 Å². The number of benzene rings is 1. The Bertz CT molecular complexity index is 323. The monoisotopic (exact) mass is 203 g/mol. The molecule has 78 valence electrons. The lowest BCUT2D eigenvalue weighted by Gasteiger charge is -2.07. The SMILES string of the molecule is C[C@H](N)CCc1c(F)ccc(F)c1F. The fourth-order valence-electron chi connectivity index (χ4n) is 1.17. The van der Waals surface area contributed by atoms with Crippen LogP contribution in [0, 0.1) is 17.5 Å². The van der Waals surface area contributed by atoms with Gasteiger partial charge in [0.2, 0.25) is 0 Å². The molecule has 1 aromatic rings. The molecule has 1 rings (SSSR count). The van der Waals surface area contributed by atoms with Crippen molar-refractivity contribution in [3.8, 4) is 0 Å². The lowest BCUT2D eigenvalue weighted by atomic mass is 10.1. The van der Waals surface area contributed by atoms with Crippen molar-refractivity contribution in [1.82, 2.24) is 0 Å². The summed E-state index contributed by atoms with van der Waals surface area (Å²) in [4.78, 5) is 0. The van der Waals surface area contributed by atoms with Crippen LogP contribution in [0.15, 0.2) is 12.1 Å². The van der Waals surface area contributed by atoms with E-state index in [0.717, 1.165) is 12.1 Å². The van der Waals surface area contributed by atoms with Crippen molar-refractivity contribution in [2.75, 3.05) is 0 Å². The van der Waals surface area contributed by atoms with Gasteiger partial charge in [0.1, 0.15) is 5.82 Å². The van der Waals surface area contributed by atoms with Gasteiger partial charge in [0, 0.05) is 11.6 Å². The summed E-state index contributed by atoms with van der Waals surface area (Å²) in [5, 5.41) is 0. The topological polar surface area (TPSA) is 26.0 Å². The highest BCUT2D eigenvalue weighted by atomic mass is 19.2. The zero-order chi connectivity index (χ0) is 10.7. The van der Waals surface area contributed by atoms with Gasteiger partial charge in [-0.2, -0.15) is 0 Å². The molecule has 0 unspecified atom stereocenters. The molecule has 0 amide bonds. The molecular formula is C10H12F3N. The van der Waals surface area contributed by atoms with Crippen molar-refractivity contribution in [2.45, 2.75) is 25.8 Å². The van der Waals surface area contributed by atoms with Crippen LogP contribution < -0.4 is 5.73 Å². The molecule has 0 aliphatic carbocycles. The smallest absolute Gasteiger partial charge is 0.164 e. The number of halogens is 3. The number of rotatable bonds is 3. The summed E-state index contributed by atoms with van der Waals surface area (Å²) < 4.78 is 38.8. The second-order valence-electron chi connectivity index (χ2n) is 3.34. The number of nitrogens with two attached hydrogens (primary N) is 1. The van der Waals surface area contributed by atoms with Crippen LogP contribution in [0.25, 0.3) is 0 Å². The van der Waals surface area contributed by atoms with Gasteiger partial charge in [-0.15, -0.1) is 0 Å². The van der Waals surface area contributed by atoms with Crippen LogP contribution in [-0.2, 0) is 6.42 Å². The Hall–Kier alpha value is -1.03. The van der Waals surface area contributed by atoms with Crippen LogP contribution in [0.4, 0.5) is 13.2 Å². The first-order valence-electron chi connectivity index (χ1n) is 4.40. The van der Waals surface area contributed by atoms with E-state index in [0.29, 0.717) is 6.42 Å². The van der Waals surface area contributed by atoms with E-state index in [4.69, 9.17) is 5.73 Å². The maximum absolute atomic E-state index is 13.1. The molecule has 0 saturated carbocycles. The third-order valence-corrected chi connectivity index (χ3v) is 1.99. The molecule has 0 fully saturated rings. The van der Waals surface area contributed by atoms with E-state index >= 15 is 0 Å². The van der Waals surface area contributed by atoms with Crippen LogP contribution in [-0.4, -0.2) is 6.04 Å². The van der Waals surface area contributed by atoms with Crippen LogP contribution >= 0.6 is 0 Å². The number of hydrogen-bond donors (Lipinski definition) is 1. The first-order chi connectivity index (χ1) is 6.52. The first kappa shape index (κ1) is 11.0. The van der Waals surface area contributed by atoms with E-state index in [1.807, 2.05) is 0 Å². The first-order valence-corrected chi connectivity index (χ1v) is 4.40. The lowest BCUT2D eigenvalue weighted by molar-refractivity contribution is 0.474. The van der Waals surface area contributed by atoms with Crippen molar-refractivity contribution in [3.63, 3.8) is 0 Å². The van der Waals surface area contributed by atoms with Gasteiger partial charge >= 0.3 is 0 Å². The van der Waals surface area contributed by atoms with Crippen molar-refractivity contribution < 1.29 is 13.2 Å². The van der Waals surface area contributed by atoms with Gasteiger partial charge in [-0.05, 0) is 31.9 Å². The van der Waals surface area contributed by atoms with Crippen LogP contribution in [0.5, 0.6) is 0 Å². The molecule has 0 radical (unpaired) electrons. The predicted octanol–water partition coefficient (Wildman–Crippen LogP) is 2.38. The Morgan fingerprint density at radius 2 is 1.79 bits per heavy atom. The van der Waals surface area contributed by atoms with Crippen LogP contribution in [0.1, 0.15) is 18.9 Å². The Kier molecular flexibility index (Phi) is 3.52. The maximum Gasteiger partial charge on any atom is 0.164 e. The van der Waals surface area contributed by atoms with Crippen molar-refractivity contribution in [1.29, 1.82) is 0 Å². The maximum atomic E-state index is 13.1. The summed E-state index contributed by atoms with van der Waals surface area (Å²) in [5.74, 6) is -2.85. The molecule has 0 saturated heterocycles. The van der Waals surface area contributed by atoms with Gasteiger partial charge in [-0.1, -0.05) is 0 Å². The molecule has 1 atom stereocenters. The minimum Gasteiger partial charge on any atom is -0.328 e. The average molecular weight is 203 g/mol. The fourth-order valence-corrected chi connectivity index (χ4v) is 1.17. The molecule has 1 nitrogen and oxygen atoms in total. The van der Waals surface area contributed by atoms with Gasteiger partial charge in [-0.25, -0.2) is 13.2 Å². The second kappa shape index (κ2) is 4.46. The Balaban J connectivity index is 2.89. The Labute approximate surface area is 80.7 Å². The molecule has 2 N–H and O–H groups in total. The quantitative estimate of drug-likeness (QED) is 0.750. The van der Waals surface area contributed by atoms with E-state index in [9.17, 15) is 13.2 Å². The van der Waals surface area contributed by atoms with E-state index < -0.39 is 17.5 Å². The van der Waals surface area contributed by atoms with E-state index in [2.05, 4.69) is 0 Å². The predicted molar refractivity (Wildman–Crippen MR) is 48.3 cm³/mol. The molecule has 0 aromatic heterocycles. The Morgan fingerprint density at radius 1 is 1.21 bits per heavy atom. The molecule has 4 heteroatoms. The second-order valence-corrected chi connectivity index (χ2v) is 3.34. The van der Waals surface area contributed by atoms with Crippen molar-refractivity contribution >= 4 is 0 Å². The van der Waals surface area contributed by atoms with Crippen molar-refractivity contribution in [2.24, 2.45) is 5.73 Å². The van der Waals surface area contributed by atoms with Gasteiger partial charge in [0.05, 0.1) is 0 Å². The minimum absolute atomic E-state index is 0.118. The van der Waals surface area contributed by atoms with Crippen LogP contribution in [0.2, 0.25) is 0 Å². The van der Waals surface area contributed by atoms with Gasteiger partial charge in [0.15, 0.2) is 11.6 Å². The standard InChI is InChI=1S/C10H12F3N/c1-6(14)2-3-7-8(11)4-5-9(12)10(7)13/h4-6H,2-3,14H2,1H3/t6-/m0/s1. The summed E-state index contributed by atoms with van der Waals surface area (Å²) in [5.41, 5.74) is 5.22. The largest absolute Gasteiger partial charge is 0.328 e. The van der Waals surface area contributed by atoms with E-state index in [1.54, 1.807) is 6.92 Å². The summed E-state index contributed by atoms with van der Waals surface area (Å²) in [6.07, 6.45) is 0.546. The van der Waals surface area contributed by atoms with Gasteiger partial charge in [0.25, 0.3) is 0 Å².